The third kappa shape index (κ3) is 5.94. The SMILES string of the molecule is O=C(NCCCn1cc(Br)cn1)c1cccc(COc2ccccc2Br)c1. The van der Waals surface area contributed by atoms with Gasteiger partial charge in [0.25, 0.3) is 5.91 Å². The van der Waals surface area contributed by atoms with Gasteiger partial charge in [0, 0.05) is 24.8 Å². The maximum atomic E-state index is 12.4. The van der Waals surface area contributed by atoms with E-state index in [9.17, 15) is 4.79 Å². The highest BCUT2D eigenvalue weighted by molar-refractivity contribution is 9.10. The molecule has 0 fully saturated rings. The number of aryl methyl sites for hydroxylation is 1. The van der Waals surface area contributed by atoms with Gasteiger partial charge in [-0.2, -0.15) is 5.10 Å². The summed E-state index contributed by atoms with van der Waals surface area (Å²) in [7, 11) is 0. The lowest BCUT2D eigenvalue weighted by Gasteiger charge is -2.10. The van der Waals surface area contributed by atoms with E-state index in [1.165, 1.54) is 0 Å². The number of amides is 1. The van der Waals surface area contributed by atoms with Crippen LogP contribution in [0.25, 0.3) is 0 Å². The standard InChI is InChI=1S/C20H19Br2N3O2/c21-17-12-24-25(13-17)10-4-9-23-20(26)16-6-3-5-15(11-16)14-27-19-8-2-1-7-18(19)22/h1-3,5-8,11-13H,4,9-10,14H2,(H,23,26). The Kier molecular flexibility index (Phi) is 7.06. The van der Waals surface area contributed by atoms with E-state index in [1.54, 1.807) is 6.20 Å². The molecule has 0 aliphatic rings. The van der Waals surface area contributed by atoms with Gasteiger partial charge >= 0.3 is 0 Å². The average molecular weight is 493 g/mol. The Labute approximate surface area is 175 Å². The first-order chi connectivity index (χ1) is 13.1. The highest BCUT2D eigenvalue weighted by Crippen LogP contribution is 2.24. The van der Waals surface area contributed by atoms with Crippen molar-refractivity contribution in [1.29, 1.82) is 0 Å². The number of benzene rings is 2. The van der Waals surface area contributed by atoms with Gasteiger partial charge in [-0.15, -0.1) is 0 Å². The first-order valence-corrected chi connectivity index (χ1v) is 10.1. The molecular weight excluding hydrogens is 474 g/mol. The largest absolute Gasteiger partial charge is 0.488 e. The average Bonchev–Trinajstić information content (AvgIpc) is 3.10. The van der Waals surface area contributed by atoms with E-state index < -0.39 is 0 Å². The molecule has 0 saturated heterocycles. The van der Waals surface area contributed by atoms with Gasteiger partial charge in [0.15, 0.2) is 0 Å². The summed E-state index contributed by atoms with van der Waals surface area (Å²) in [6.07, 6.45) is 4.47. The van der Waals surface area contributed by atoms with Gasteiger partial charge in [-0.1, -0.05) is 24.3 Å². The molecule has 3 rings (SSSR count). The molecule has 2 aromatic carbocycles. The number of nitrogens with zero attached hydrogens (tertiary/aromatic N) is 2. The topological polar surface area (TPSA) is 56.2 Å². The zero-order chi connectivity index (χ0) is 19.1. The molecule has 0 radical (unpaired) electrons. The maximum absolute atomic E-state index is 12.4. The Hall–Kier alpha value is -2.12. The number of rotatable bonds is 8. The number of para-hydroxylation sites is 1. The van der Waals surface area contributed by atoms with Crippen molar-refractivity contribution in [2.45, 2.75) is 19.6 Å². The molecule has 140 valence electrons. The predicted octanol–water partition coefficient (Wildman–Crippen LogP) is 4.81. The first kappa shape index (κ1) is 19.6. The first-order valence-electron chi connectivity index (χ1n) is 8.54. The molecule has 1 N–H and O–H groups in total. The highest BCUT2D eigenvalue weighted by atomic mass is 79.9. The van der Waals surface area contributed by atoms with Crippen molar-refractivity contribution >= 4 is 37.8 Å². The van der Waals surface area contributed by atoms with Gasteiger partial charge in [-0.25, -0.2) is 0 Å². The molecule has 7 heteroatoms. The Morgan fingerprint density at radius 1 is 1.15 bits per heavy atom. The van der Waals surface area contributed by atoms with Crippen molar-refractivity contribution in [2.24, 2.45) is 0 Å². The summed E-state index contributed by atoms with van der Waals surface area (Å²) < 4.78 is 9.52. The number of ether oxygens (including phenoxy) is 1. The fourth-order valence-electron chi connectivity index (χ4n) is 2.53. The van der Waals surface area contributed by atoms with Crippen LogP contribution in [0.1, 0.15) is 22.3 Å². The molecule has 0 aliphatic heterocycles. The second-order valence-electron chi connectivity index (χ2n) is 5.95. The third-order valence-corrected chi connectivity index (χ3v) is 4.94. The lowest BCUT2D eigenvalue weighted by atomic mass is 10.1. The fourth-order valence-corrected chi connectivity index (χ4v) is 3.26. The van der Waals surface area contributed by atoms with E-state index >= 15 is 0 Å². The van der Waals surface area contributed by atoms with Gasteiger partial charge < -0.3 is 10.1 Å². The van der Waals surface area contributed by atoms with Crippen LogP contribution in [0.15, 0.2) is 69.9 Å². The van der Waals surface area contributed by atoms with Crippen molar-refractivity contribution in [3.8, 4) is 5.75 Å². The molecule has 3 aromatic rings. The quantitative estimate of drug-likeness (QED) is 0.459. The van der Waals surface area contributed by atoms with Crippen LogP contribution in [-0.4, -0.2) is 22.2 Å². The number of carbonyl (C=O) groups excluding carboxylic acids is 1. The number of hydrogen-bond donors (Lipinski definition) is 1. The minimum Gasteiger partial charge on any atom is -0.488 e. The normalized spacial score (nSPS) is 10.6. The molecule has 1 heterocycles. The van der Waals surface area contributed by atoms with Crippen LogP contribution < -0.4 is 10.1 Å². The summed E-state index contributed by atoms with van der Waals surface area (Å²) in [6, 6.07) is 15.2. The Morgan fingerprint density at radius 2 is 2.00 bits per heavy atom. The monoisotopic (exact) mass is 491 g/mol. The van der Waals surface area contributed by atoms with Crippen molar-refractivity contribution in [1.82, 2.24) is 15.1 Å². The number of halogens is 2. The molecule has 0 saturated carbocycles. The summed E-state index contributed by atoms with van der Waals surface area (Å²) in [5.41, 5.74) is 1.57. The molecule has 1 aromatic heterocycles. The Morgan fingerprint density at radius 3 is 2.78 bits per heavy atom. The van der Waals surface area contributed by atoms with Crippen molar-refractivity contribution < 1.29 is 9.53 Å². The van der Waals surface area contributed by atoms with E-state index in [4.69, 9.17) is 4.74 Å². The summed E-state index contributed by atoms with van der Waals surface area (Å²) in [5.74, 6) is 0.692. The molecule has 5 nitrogen and oxygen atoms in total. The van der Waals surface area contributed by atoms with Crippen LogP contribution in [0.3, 0.4) is 0 Å². The van der Waals surface area contributed by atoms with Crippen molar-refractivity contribution in [3.05, 3.63) is 81.0 Å². The Bertz CT molecular complexity index is 912. The summed E-state index contributed by atoms with van der Waals surface area (Å²) in [6.45, 7) is 1.75. The highest BCUT2D eigenvalue weighted by Gasteiger charge is 2.07. The van der Waals surface area contributed by atoms with Crippen molar-refractivity contribution in [3.63, 3.8) is 0 Å². The van der Waals surface area contributed by atoms with Crippen LogP contribution in [0.4, 0.5) is 0 Å². The van der Waals surface area contributed by atoms with Crippen LogP contribution in [0.5, 0.6) is 5.75 Å². The van der Waals surface area contributed by atoms with Gasteiger partial charge in [0.2, 0.25) is 0 Å². The number of nitrogens with one attached hydrogen (secondary N) is 1. The van der Waals surface area contributed by atoms with E-state index in [2.05, 4.69) is 42.3 Å². The lowest BCUT2D eigenvalue weighted by molar-refractivity contribution is 0.0952. The molecule has 0 aliphatic carbocycles. The minimum atomic E-state index is -0.0839. The third-order valence-electron chi connectivity index (χ3n) is 3.87. The fraction of sp³-hybridized carbons (Fsp3) is 0.200. The van der Waals surface area contributed by atoms with Gasteiger partial charge in [0.05, 0.1) is 15.1 Å². The smallest absolute Gasteiger partial charge is 0.251 e. The molecule has 0 spiro atoms. The summed E-state index contributed by atoms with van der Waals surface area (Å²) in [4.78, 5) is 12.4. The zero-order valence-electron chi connectivity index (χ0n) is 14.6. The molecular formula is C20H19Br2N3O2. The molecule has 1 amide bonds. The molecule has 27 heavy (non-hydrogen) atoms. The zero-order valence-corrected chi connectivity index (χ0v) is 17.7. The Balaban J connectivity index is 1.48. The van der Waals surface area contributed by atoms with Gasteiger partial charge in [-0.3, -0.25) is 9.48 Å². The summed E-state index contributed by atoms with van der Waals surface area (Å²) in [5, 5.41) is 7.14. The van der Waals surface area contributed by atoms with E-state index in [0.29, 0.717) is 18.7 Å². The van der Waals surface area contributed by atoms with Gasteiger partial charge in [-0.05, 0) is 68.1 Å². The van der Waals surface area contributed by atoms with Crippen LogP contribution in [-0.2, 0) is 13.2 Å². The van der Waals surface area contributed by atoms with Crippen LogP contribution in [0, 0.1) is 0 Å². The van der Waals surface area contributed by atoms with E-state index in [0.717, 1.165) is 33.2 Å². The molecule has 0 bridgehead atoms. The summed E-state index contributed by atoms with van der Waals surface area (Å²) >= 11 is 6.83. The molecule has 0 unspecified atom stereocenters. The van der Waals surface area contributed by atoms with E-state index in [1.807, 2.05) is 59.4 Å². The van der Waals surface area contributed by atoms with Crippen molar-refractivity contribution in [2.75, 3.05) is 6.54 Å². The number of hydrogen-bond acceptors (Lipinski definition) is 3. The van der Waals surface area contributed by atoms with Crippen LogP contribution >= 0.6 is 31.9 Å². The molecule has 0 atom stereocenters. The number of aromatic nitrogens is 2. The van der Waals surface area contributed by atoms with Gasteiger partial charge in [0.1, 0.15) is 12.4 Å². The predicted molar refractivity (Wildman–Crippen MR) is 112 cm³/mol. The van der Waals surface area contributed by atoms with Crippen LogP contribution in [0.2, 0.25) is 0 Å². The maximum Gasteiger partial charge on any atom is 0.251 e. The number of carbonyl (C=O) groups is 1. The minimum absolute atomic E-state index is 0.0839. The lowest BCUT2D eigenvalue weighted by Crippen LogP contribution is -2.25. The second-order valence-corrected chi connectivity index (χ2v) is 7.72. The van der Waals surface area contributed by atoms with E-state index in [-0.39, 0.29) is 5.91 Å². The second kappa shape index (κ2) is 9.71.